The summed E-state index contributed by atoms with van der Waals surface area (Å²) >= 11 is 0. The molecule has 0 bridgehead atoms. The van der Waals surface area contributed by atoms with Gasteiger partial charge in [0.15, 0.2) is 5.82 Å². The summed E-state index contributed by atoms with van der Waals surface area (Å²) in [6.07, 6.45) is -3.49. The van der Waals surface area contributed by atoms with Gasteiger partial charge in [-0.1, -0.05) is 18.2 Å². The van der Waals surface area contributed by atoms with E-state index < -0.39 is 29.0 Å². The van der Waals surface area contributed by atoms with Gasteiger partial charge in [-0.15, -0.1) is 0 Å². The second-order valence-corrected chi connectivity index (χ2v) is 8.15. The highest BCUT2D eigenvalue weighted by Gasteiger charge is 2.32. The Morgan fingerprint density at radius 2 is 1.72 bits per heavy atom. The fraction of sp³-hybridized carbons (Fsp3) is 0.240. The molecule has 2 aromatic carbocycles. The number of aryl methyl sites for hydroxylation is 1. The monoisotopic (exact) mass is 502 g/mol. The maximum Gasteiger partial charge on any atom is 0.416 e. The molecule has 4 rings (SSSR count). The van der Waals surface area contributed by atoms with Crippen LogP contribution in [-0.4, -0.2) is 48.0 Å². The molecular formula is C25H22F4N4O3. The largest absolute Gasteiger partial charge is 0.416 e. The van der Waals surface area contributed by atoms with E-state index in [9.17, 15) is 27.2 Å². The minimum Gasteiger partial charge on any atom is -0.378 e. The number of halogens is 4. The van der Waals surface area contributed by atoms with Crippen molar-refractivity contribution in [2.45, 2.75) is 13.1 Å². The van der Waals surface area contributed by atoms with Crippen molar-refractivity contribution in [1.29, 1.82) is 0 Å². The quantitative estimate of drug-likeness (QED) is 0.479. The molecule has 0 atom stereocenters. The first kappa shape index (κ1) is 25.1. The minimum absolute atomic E-state index is 0.0418. The van der Waals surface area contributed by atoms with Crippen molar-refractivity contribution in [3.05, 3.63) is 82.8 Å². The van der Waals surface area contributed by atoms with Crippen molar-refractivity contribution in [3.8, 4) is 0 Å². The number of anilines is 3. The predicted octanol–water partition coefficient (Wildman–Crippen LogP) is 5.02. The van der Waals surface area contributed by atoms with Gasteiger partial charge < -0.3 is 20.3 Å². The molecular weight excluding hydrogens is 480 g/mol. The number of aromatic nitrogens is 1. The molecule has 2 heterocycles. The minimum atomic E-state index is -4.83. The van der Waals surface area contributed by atoms with Gasteiger partial charge in [0.1, 0.15) is 5.82 Å². The number of ether oxygens (including phenoxy) is 1. The van der Waals surface area contributed by atoms with Crippen molar-refractivity contribution in [2.24, 2.45) is 0 Å². The van der Waals surface area contributed by atoms with Crippen LogP contribution < -0.4 is 10.6 Å². The van der Waals surface area contributed by atoms with Crippen molar-refractivity contribution in [2.75, 3.05) is 36.9 Å². The van der Waals surface area contributed by atoms with Crippen LogP contribution in [0.25, 0.3) is 0 Å². The summed E-state index contributed by atoms with van der Waals surface area (Å²) in [6, 6.07) is 10.2. The highest BCUT2D eigenvalue weighted by atomic mass is 19.4. The smallest absolute Gasteiger partial charge is 0.378 e. The van der Waals surface area contributed by atoms with Crippen LogP contribution in [-0.2, 0) is 10.9 Å². The maximum atomic E-state index is 13.9. The lowest BCUT2D eigenvalue weighted by Crippen LogP contribution is -2.40. The van der Waals surface area contributed by atoms with Crippen molar-refractivity contribution in [3.63, 3.8) is 0 Å². The van der Waals surface area contributed by atoms with E-state index in [2.05, 4.69) is 15.6 Å². The number of benzene rings is 2. The van der Waals surface area contributed by atoms with Crippen LogP contribution in [0.1, 0.15) is 31.8 Å². The van der Waals surface area contributed by atoms with E-state index >= 15 is 0 Å². The van der Waals surface area contributed by atoms with Crippen molar-refractivity contribution in [1.82, 2.24) is 9.88 Å². The van der Waals surface area contributed by atoms with Gasteiger partial charge in [-0.3, -0.25) is 9.59 Å². The molecule has 11 heteroatoms. The van der Waals surface area contributed by atoms with Crippen LogP contribution in [0.2, 0.25) is 0 Å². The number of pyridine rings is 1. The van der Waals surface area contributed by atoms with Crippen LogP contribution in [0.3, 0.4) is 0 Å². The normalized spacial score (nSPS) is 13.9. The van der Waals surface area contributed by atoms with Crippen LogP contribution >= 0.6 is 0 Å². The first-order chi connectivity index (χ1) is 17.1. The highest BCUT2D eigenvalue weighted by molar-refractivity contribution is 6.07. The number of nitrogens with zero attached hydrogens (tertiary/aromatic N) is 2. The van der Waals surface area contributed by atoms with Gasteiger partial charge in [0.2, 0.25) is 0 Å². The lowest BCUT2D eigenvalue weighted by atomic mass is 10.1. The Kier molecular flexibility index (Phi) is 7.20. The SMILES string of the molecule is Cc1ccccc1Nc1ncc(C(=O)N2CCOCC2)cc1NC(=O)c1cc(F)cc(C(F)(F)F)c1. The summed E-state index contributed by atoms with van der Waals surface area (Å²) in [5, 5.41) is 5.54. The predicted molar refractivity (Wildman–Crippen MR) is 125 cm³/mol. The Hall–Kier alpha value is -3.99. The van der Waals surface area contributed by atoms with Gasteiger partial charge in [-0.05, 0) is 42.8 Å². The third-order valence-electron chi connectivity index (χ3n) is 5.57. The van der Waals surface area contributed by atoms with Gasteiger partial charge in [0.05, 0.1) is 30.0 Å². The van der Waals surface area contributed by atoms with E-state index in [0.29, 0.717) is 50.2 Å². The molecule has 0 spiro atoms. The molecule has 1 fully saturated rings. The average Bonchev–Trinajstić information content (AvgIpc) is 2.85. The molecule has 36 heavy (non-hydrogen) atoms. The maximum absolute atomic E-state index is 13.9. The molecule has 3 aromatic rings. The number of rotatable bonds is 5. The Balaban J connectivity index is 1.69. The second kappa shape index (κ2) is 10.3. The summed E-state index contributed by atoms with van der Waals surface area (Å²) in [5.74, 6) is -2.38. The van der Waals surface area contributed by atoms with Crippen LogP contribution in [0, 0.1) is 12.7 Å². The fourth-order valence-electron chi connectivity index (χ4n) is 3.65. The summed E-state index contributed by atoms with van der Waals surface area (Å²) < 4.78 is 58.5. The zero-order chi connectivity index (χ0) is 25.9. The zero-order valence-electron chi connectivity index (χ0n) is 19.2. The highest BCUT2D eigenvalue weighted by Crippen LogP contribution is 2.31. The van der Waals surface area contributed by atoms with E-state index in [1.54, 1.807) is 17.0 Å². The summed E-state index contributed by atoms with van der Waals surface area (Å²) in [4.78, 5) is 31.7. The van der Waals surface area contributed by atoms with Gasteiger partial charge in [-0.25, -0.2) is 9.37 Å². The lowest BCUT2D eigenvalue weighted by Gasteiger charge is -2.27. The lowest BCUT2D eigenvalue weighted by molar-refractivity contribution is -0.137. The molecule has 0 radical (unpaired) electrons. The van der Waals surface area contributed by atoms with E-state index in [0.717, 1.165) is 5.56 Å². The number of amides is 2. The van der Waals surface area contributed by atoms with Crippen molar-refractivity contribution >= 4 is 29.0 Å². The third-order valence-corrected chi connectivity index (χ3v) is 5.57. The molecule has 0 unspecified atom stereocenters. The number of carbonyl (C=O) groups is 2. The molecule has 1 aliphatic heterocycles. The Morgan fingerprint density at radius 3 is 2.42 bits per heavy atom. The molecule has 188 valence electrons. The molecule has 0 saturated carbocycles. The van der Waals surface area contributed by atoms with E-state index in [-0.39, 0.29) is 23.0 Å². The first-order valence-electron chi connectivity index (χ1n) is 11.0. The topological polar surface area (TPSA) is 83.6 Å². The van der Waals surface area contributed by atoms with E-state index in [1.807, 2.05) is 19.1 Å². The third kappa shape index (κ3) is 5.80. The number of alkyl halides is 3. The Bertz CT molecular complexity index is 1290. The molecule has 1 aromatic heterocycles. The van der Waals surface area contributed by atoms with Gasteiger partial charge in [-0.2, -0.15) is 13.2 Å². The Morgan fingerprint density at radius 1 is 1.00 bits per heavy atom. The second-order valence-electron chi connectivity index (χ2n) is 8.15. The number of hydrogen-bond donors (Lipinski definition) is 2. The van der Waals surface area contributed by atoms with Gasteiger partial charge >= 0.3 is 6.18 Å². The van der Waals surface area contributed by atoms with Gasteiger partial charge in [0, 0.05) is 30.5 Å². The van der Waals surface area contributed by atoms with Gasteiger partial charge in [0.25, 0.3) is 11.8 Å². The van der Waals surface area contributed by atoms with Crippen LogP contribution in [0.4, 0.5) is 34.8 Å². The molecule has 0 aliphatic carbocycles. The van der Waals surface area contributed by atoms with Crippen LogP contribution in [0.5, 0.6) is 0 Å². The number of morpholine rings is 1. The summed E-state index contributed by atoms with van der Waals surface area (Å²) in [5.41, 5.74) is -0.0878. The fourth-order valence-corrected chi connectivity index (χ4v) is 3.65. The van der Waals surface area contributed by atoms with Crippen LogP contribution in [0.15, 0.2) is 54.7 Å². The molecule has 2 amide bonds. The first-order valence-corrected chi connectivity index (χ1v) is 11.0. The molecule has 2 N–H and O–H groups in total. The van der Waals surface area contributed by atoms with E-state index in [4.69, 9.17) is 4.74 Å². The number of carbonyl (C=O) groups excluding carboxylic acids is 2. The average molecular weight is 502 g/mol. The Labute approximate surface area is 204 Å². The summed E-state index contributed by atoms with van der Waals surface area (Å²) in [6.45, 7) is 3.39. The summed E-state index contributed by atoms with van der Waals surface area (Å²) in [7, 11) is 0. The number of hydrogen-bond acceptors (Lipinski definition) is 5. The standard InChI is InChI=1S/C25H22F4N4O3/c1-15-4-2-3-5-20(15)31-22-21(12-17(14-30-22)24(35)33-6-8-36-9-7-33)32-23(34)16-10-18(25(27,28)29)13-19(26)11-16/h2-5,10-14H,6-9H2,1H3,(H,30,31)(H,32,34). The molecule has 7 nitrogen and oxygen atoms in total. The van der Waals surface area contributed by atoms with Crippen molar-refractivity contribution < 1.29 is 31.9 Å². The number of para-hydroxylation sites is 1. The number of nitrogens with one attached hydrogen (secondary N) is 2. The molecule has 1 saturated heterocycles. The zero-order valence-corrected chi connectivity index (χ0v) is 19.2. The van der Waals surface area contributed by atoms with E-state index in [1.165, 1.54) is 12.3 Å². The molecule has 1 aliphatic rings.